The molecule has 1 aliphatic rings. The highest BCUT2D eigenvalue weighted by atomic mass is 16.4. The van der Waals surface area contributed by atoms with Gasteiger partial charge in [-0.3, -0.25) is 9.20 Å². The van der Waals surface area contributed by atoms with Gasteiger partial charge in [-0.2, -0.15) is 0 Å². The number of aliphatic carboxylic acids is 1. The molecular formula is C20H17N3O2. The summed E-state index contributed by atoms with van der Waals surface area (Å²) < 4.78 is 4.28. The first-order valence-corrected chi connectivity index (χ1v) is 8.52. The third-order valence-electron chi connectivity index (χ3n) is 5.00. The van der Waals surface area contributed by atoms with Crippen LogP contribution in [0.2, 0.25) is 0 Å². The van der Waals surface area contributed by atoms with Gasteiger partial charge in [0, 0.05) is 12.1 Å². The smallest absolute Gasteiger partial charge is 0.309 e. The van der Waals surface area contributed by atoms with E-state index in [1.807, 2.05) is 34.7 Å². The average Bonchev–Trinajstić information content (AvgIpc) is 3.14. The Kier molecular flexibility index (Phi) is 2.98. The van der Waals surface area contributed by atoms with Gasteiger partial charge in [0.25, 0.3) is 0 Å². The van der Waals surface area contributed by atoms with E-state index in [2.05, 4.69) is 22.8 Å². The molecule has 0 saturated heterocycles. The Morgan fingerprint density at radius 3 is 2.76 bits per heavy atom. The van der Waals surface area contributed by atoms with Gasteiger partial charge in [0.05, 0.1) is 28.8 Å². The predicted molar refractivity (Wildman–Crippen MR) is 95.8 cm³/mol. The molecule has 1 N–H and O–H groups in total. The van der Waals surface area contributed by atoms with E-state index in [4.69, 9.17) is 4.98 Å². The van der Waals surface area contributed by atoms with Crippen molar-refractivity contribution in [2.75, 3.05) is 0 Å². The minimum absolute atomic E-state index is 0.0469. The molecule has 124 valence electrons. The van der Waals surface area contributed by atoms with Crippen LogP contribution in [-0.2, 0) is 24.2 Å². The van der Waals surface area contributed by atoms with Crippen LogP contribution in [-0.4, -0.2) is 25.0 Å². The number of carboxylic acid groups (broad SMARTS) is 1. The molecule has 0 saturated carbocycles. The summed E-state index contributed by atoms with van der Waals surface area (Å²) in [5, 5.41) is 9.47. The standard InChI is InChI=1S/C20H17N3O2/c24-17(25)12-16-18(13-6-2-1-3-7-13)21-20-22-11-5-9-14-8-4-10-15(19(14)22)23(16)20/h1-4,6-8,10H,5,9,11-12H2,(H,24,25). The minimum atomic E-state index is -0.842. The lowest BCUT2D eigenvalue weighted by Gasteiger charge is -2.14. The largest absolute Gasteiger partial charge is 0.481 e. The zero-order valence-electron chi connectivity index (χ0n) is 13.6. The second-order valence-electron chi connectivity index (χ2n) is 6.52. The van der Waals surface area contributed by atoms with Crippen LogP contribution >= 0.6 is 0 Å². The number of nitrogens with zero attached hydrogens (tertiary/aromatic N) is 3. The Balaban J connectivity index is 1.91. The molecule has 0 amide bonds. The molecule has 2 aromatic heterocycles. The van der Waals surface area contributed by atoms with Crippen molar-refractivity contribution < 1.29 is 9.90 Å². The van der Waals surface area contributed by atoms with Gasteiger partial charge >= 0.3 is 5.97 Å². The van der Waals surface area contributed by atoms with Gasteiger partial charge in [-0.1, -0.05) is 42.5 Å². The summed E-state index contributed by atoms with van der Waals surface area (Å²) in [4.78, 5) is 16.4. The van der Waals surface area contributed by atoms with Crippen LogP contribution in [0, 0.1) is 0 Å². The van der Waals surface area contributed by atoms with Crippen LogP contribution in [0.15, 0.2) is 48.5 Å². The lowest BCUT2D eigenvalue weighted by Crippen LogP contribution is -2.07. The number of imidazole rings is 2. The Morgan fingerprint density at radius 1 is 1.12 bits per heavy atom. The highest BCUT2D eigenvalue weighted by molar-refractivity contribution is 5.87. The molecule has 3 heterocycles. The summed E-state index contributed by atoms with van der Waals surface area (Å²) in [7, 11) is 0. The van der Waals surface area contributed by atoms with Crippen LogP contribution in [0.3, 0.4) is 0 Å². The zero-order valence-corrected chi connectivity index (χ0v) is 13.6. The SMILES string of the molecule is O=C(O)Cc1c(-c2ccccc2)nc2n3c4c(cccc4n12)CCC3. The Labute approximate surface area is 144 Å². The topological polar surface area (TPSA) is 59.5 Å². The fourth-order valence-electron chi connectivity index (χ4n) is 4.02. The van der Waals surface area contributed by atoms with Crippen molar-refractivity contribution in [3.8, 4) is 11.3 Å². The first-order chi connectivity index (χ1) is 12.2. The second-order valence-corrected chi connectivity index (χ2v) is 6.52. The molecule has 5 nitrogen and oxygen atoms in total. The maximum atomic E-state index is 11.5. The maximum absolute atomic E-state index is 11.5. The number of carboxylic acids is 1. The number of benzene rings is 2. The van der Waals surface area contributed by atoms with E-state index >= 15 is 0 Å². The Hall–Kier alpha value is -3.08. The van der Waals surface area contributed by atoms with E-state index in [1.165, 1.54) is 11.1 Å². The van der Waals surface area contributed by atoms with Crippen molar-refractivity contribution in [2.45, 2.75) is 25.8 Å². The lowest BCUT2D eigenvalue weighted by molar-refractivity contribution is -0.136. The minimum Gasteiger partial charge on any atom is -0.481 e. The van der Waals surface area contributed by atoms with Gasteiger partial charge in [0.2, 0.25) is 5.78 Å². The highest BCUT2D eigenvalue weighted by Gasteiger charge is 2.25. The molecule has 2 aromatic carbocycles. The quantitative estimate of drug-likeness (QED) is 0.625. The molecule has 5 heteroatoms. The maximum Gasteiger partial charge on any atom is 0.309 e. The van der Waals surface area contributed by atoms with E-state index in [0.717, 1.165) is 47.6 Å². The third-order valence-corrected chi connectivity index (χ3v) is 5.00. The summed E-state index contributed by atoms with van der Waals surface area (Å²) in [6, 6.07) is 16.1. The molecule has 0 spiro atoms. The number of carbonyl (C=O) groups is 1. The summed E-state index contributed by atoms with van der Waals surface area (Å²) in [6.07, 6.45) is 2.09. The van der Waals surface area contributed by atoms with Crippen molar-refractivity contribution in [1.82, 2.24) is 14.0 Å². The van der Waals surface area contributed by atoms with E-state index in [0.29, 0.717) is 0 Å². The number of hydrogen-bond acceptors (Lipinski definition) is 2. The Morgan fingerprint density at radius 2 is 1.96 bits per heavy atom. The van der Waals surface area contributed by atoms with Crippen molar-refractivity contribution in [2.24, 2.45) is 0 Å². The fraction of sp³-hybridized carbons (Fsp3) is 0.200. The molecule has 25 heavy (non-hydrogen) atoms. The molecule has 0 radical (unpaired) electrons. The van der Waals surface area contributed by atoms with Gasteiger partial charge < -0.3 is 9.67 Å². The van der Waals surface area contributed by atoms with Crippen LogP contribution in [0.1, 0.15) is 17.7 Å². The van der Waals surface area contributed by atoms with Gasteiger partial charge in [0.15, 0.2) is 0 Å². The molecule has 0 aliphatic carbocycles. The number of para-hydroxylation sites is 1. The van der Waals surface area contributed by atoms with Gasteiger partial charge in [-0.05, 0) is 24.5 Å². The van der Waals surface area contributed by atoms with Crippen LogP contribution in [0.4, 0.5) is 0 Å². The normalized spacial score (nSPS) is 13.6. The first-order valence-electron chi connectivity index (χ1n) is 8.52. The molecule has 4 aromatic rings. The number of fused-ring (bicyclic) bond motifs is 3. The van der Waals surface area contributed by atoms with Crippen molar-refractivity contribution in [3.63, 3.8) is 0 Å². The second kappa shape index (κ2) is 5.21. The molecule has 5 rings (SSSR count). The summed E-state index contributed by atoms with van der Waals surface area (Å²) >= 11 is 0. The fourth-order valence-corrected chi connectivity index (χ4v) is 4.02. The summed E-state index contributed by atoms with van der Waals surface area (Å²) in [5.41, 5.74) is 6.03. The third kappa shape index (κ3) is 2.02. The summed E-state index contributed by atoms with van der Waals surface area (Å²) in [5.74, 6) is 0.00293. The number of rotatable bonds is 3. The monoisotopic (exact) mass is 331 g/mol. The molecule has 1 aliphatic heterocycles. The van der Waals surface area contributed by atoms with Crippen molar-refractivity contribution >= 4 is 22.8 Å². The molecule has 0 bridgehead atoms. The van der Waals surface area contributed by atoms with Gasteiger partial charge in [-0.15, -0.1) is 0 Å². The molecule has 0 fully saturated rings. The van der Waals surface area contributed by atoms with Crippen LogP contribution in [0.5, 0.6) is 0 Å². The highest BCUT2D eigenvalue weighted by Crippen LogP contribution is 2.33. The number of aromatic nitrogens is 3. The van der Waals surface area contributed by atoms with Crippen LogP contribution in [0.25, 0.3) is 28.1 Å². The molecular weight excluding hydrogens is 314 g/mol. The van der Waals surface area contributed by atoms with E-state index in [9.17, 15) is 9.90 Å². The first kappa shape index (κ1) is 14.3. The van der Waals surface area contributed by atoms with E-state index < -0.39 is 5.97 Å². The van der Waals surface area contributed by atoms with Gasteiger partial charge in [-0.25, -0.2) is 4.98 Å². The number of hydrogen-bond donors (Lipinski definition) is 1. The van der Waals surface area contributed by atoms with Crippen molar-refractivity contribution in [3.05, 3.63) is 59.8 Å². The van der Waals surface area contributed by atoms with Crippen molar-refractivity contribution in [1.29, 1.82) is 0 Å². The van der Waals surface area contributed by atoms with E-state index in [-0.39, 0.29) is 6.42 Å². The molecule has 0 atom stereocenters. The summed E-state index contributed by atoms with van der Waals surface area (Å²) in [6.45, 7) is 0.918. The van der Waals surface area contributed by atoms with Crippen LogP contribution < -0.4 is 0 Å². The average molecular weight is 331 g/mol. The zero-order chi connectivity index (χ0) is 17.0. The Bertz CT molecular complexity index is 1120. The lowest BCUT2D eigenvalue weighted by atomic mass is 10.0. The number of aryl methyl sites for hydroxylation is 2. The van der Waals surface area contributed by atoms with E-state index in [1.54, 1.807) is 0 Å². The predicted octanol–water partition coefficient (Wildman–Crippen LogP) is 3.53. The van der Waals surface area contributed by atoms with Gasteiger partial charge in [0.1, 0.15) is 0 Å². The molecule has 0 unspecified atom stereocenters.